The summed E-state index contributed by atoms with van der Waals surface area (Å²) in [5.74, 6) is -0.312. The molecule has 0 aliphatic heterocycles. The van der Waals surface area contributed by atoms with E-state index in [0.717, 1.165) is 0 Å². The van der Waals surface area contributed by atoms with Crippen molar-refractivity contribution in [1.29, 1.82) is 0 Å². The number of rotatable bonds is 2. The van der Waals surface area contributed by atoms with Gasteiger partial charge in [0.2, 0.25) is 0 Å². The standard InChI is InChI=1S/C9H9O2.2ClH.In/c1-2-11-9(10)8-6-4-3-5-7-8;;;/h3-6H,2H2,1H3;2*1H;/p-2. The van der Waals surface area contributed by atoms with Gasteiger partial charge in [0.1, 0.15) is 0 Å². The second kappa shape index (κ2) is 11.2. The third-order valence-corrected chi connectivity index (χ3v) is 1.20. The Kier molecular flexibility index (Phi) is 15.8. The molecule has 0 aromatic heterocycles. The van der Waals surface area contributed by atoms with E-state index in [1.54, 1.807) is 25.1 Å². The second-order valence-electron chi connectivity index (χ2n) is 2.00. The zero-order valence-electron chi connectivity index (χ0n) is 7.67. The number of hydrogen-bond donors (Lipinski definition) is 0. The minimum Gasteiger partial charge on any atom is -1.00 e. The second-order valence-corrected chi connectivity index (χ2v) is 2.00. The molecule has 76 valence electrons. The largest absolute Gasteiger partial charge is 1.00 e. The Balaban J connectivity index is -0.000000403. The van der Waals surface area contributed by atoms with Crippen molar-refractivity contribution < 1.29 is 34.3 Å². The number of halogens is 2. The summed E-state index contributed by atoms with van der Waals surface area (Å²) in [6.45, 7) is 2.18. The molecule has 0 bridgehead atoms. The molecule has 0 atom stereocenters. The van der Waals surface area contributed by atoms with Crippen molar-refractivity contribution in [3.8, 4) is 0 Å². The first kappa shape index (κ1) is 19.7. The number of hydrogen-bond acceptors (Lipinski definition) is 2. The zero-order chi connectivity index (χ0) is 8.10. The smallest absolute Gasteiger partial charge is 0.338 e. The van der Waals surface area contributed by atoms with Crippen molar-refractivity contribution in [1.82, 2.24) is 0 Å². The van der Waals surface area contributed by atoms with Gasteiger partial charge in [0.05, 0.1) is 12.2 Å². The molecule has 0 spiro atoms. The molecule has 0 aliphatic carbocycles. The third kappa shape index (κ3) is 6.57. The Bertz CT molecular complexity index is 242. The molecule has 0 unspecified atom stereocenters. The van der Waals surface area contributed by atoms with E-state index in [1.165, 1.54) is 0 Å². The molecule has 1 rings (SSSR count). The Labute approximate surface area is 115 Å². The quantitative estimate of drug-likeness (QED) is 0.508. The van der Waals surface area contributed by atoms with Gasteiger partial charge in [-0.1, -0.05) is 18.2 Å². The van der Waals surface area contributed by atoms with Crippen LogP contribution in [0.1, 0.15) is 17.3 Å². The molecule has 0 saturated heterocycles. The van der Waals surface area contributed by atoms with Crippen LogP contribution in [0, 0.1) is 6.07 Å². The molecule has 0 fully saturated rings. The summed E-state index contributed by atoms with van der Waals surface area (Å²) in [6.07, 6.45) is 0. The first-order valence-corrected chi connectivity index (χ1v) is 3.48. The van der Waals surface area contributed by atoms with Crippen molar-refractivity contribution in [2.75, 3.05) is 6.61 Å². The van der Waals surface area contributed by atoms with Crippen molar-refractivity contribution in [2.45, 2.75) is 6.92 Å². The van der Waals surface area contributed by atoms with Crippen LogP contribution in [0.15, 0.2) is 24.3 Å². The molecule has 0 aliphatic rings. The molecule has 2 nitrogen and oxygen atoms in total. The van der Waals surface area contributed by atoms with E-state index in [9.17, 15) is 4.79 Å². The Morgan fingerprint density at radius 2 is 2.07 bits per heavy atom. The van der Waals surface area contributed by atoms with Gasteiger partial charge in [0.25, 0.3) is 0 Å². The third-order valence-electron chi connectivity index (χ3n) is 1.20. The normalized spacial score (nSPS) is 7.21. The van der Waals surface area contributed by atoms with Crippen molar-refractivity contribution >= 4 is 31.8 Å². The SMILES string of the molecule is CCOC(=O)c1[c]cccc1.[Cl-].[Cl-].[In]. The molecular formula is C9H9Cl2InO2-2. The predicted molar refractivity (Wildman–Crippen MR) is 47.0 cm³/mol. The average molecular weight is 335 g/mol. The van der Waals surface area contributed by atoms with E-state index < -0.39 is 0 Å². The maximum atomic E-state index is 11.0. The van der Waals surface area contributed by atoms with Crippen LogP contribution in [0.5, 0.6) is 0 Å². The number of esters is 1. The van der Waals surface area contributed by atoms with Gasteiger partial charge in [-0.3, -0.25) is 0 Å². The zero-order valence-corrected chi connectivity index (χ0v) is 12.5. The molecule has 1 aromatic carbocycles. The summed E-state index contributed by atoms with van der Waals surface area (Å²) >= 11 is 0. The van der Waals surface area contributed by atoms with Crippen LogP contribution in [0.2, 0.25) is 0 Å². The summed E-state index contributed by atoms with van der Waals surface area (Å²) in [4.78, 5) is 11.0. The van der Waals surface area contributed by atoms with Crippen molar-refractivity contribution in [3.05, 3.63) is 35.9 Å². The minimum absolute atomic E-state index is 0. The fraction of sp³-hybridized carbons (Fsp3) is 0.222. The maximum absolute atomic E-state index is 11.0. The van der Waals surface area contributed by atoms with E-state index in [4.69, 9.17) is 4.74 Å². The van der Waals surface area contributed by atoms with E-state index in [0.29, 0.717) is 12.2 Å². The van der Waals surface area contributed by atoms with Crippen molar-refractivity contribution in [3.63, 3.8) is 0 Å². The van der Waals surface area contributed by atoms with Crippen LogP contribution in [0.4, 0.5) is 0 Å². The molecule has 5 heteroatoms. The van der Waals surface area contributed by atoms with Crippen LogP contribution in [0.3, 0.4) is 0 Å². The van der Waals surface area contributed by atoms with Crippen LogP contribution >= 0.6 is 0 Å². The molecule has 0 saturated carbocycles. The predicted octanol–water partition coefficient (Wildman–Crippen LogP) is -4.71. The first-order valence-electron chi connectivity index (χ1n) is 3.48. The summed E-state index contributed by atoms with van der Waals surface area (Å²) < 4.78 is 4.76. The average Bonchev–Trinajstić information content (AvgIpc) is 2.07. The molecular weight excluding hydrogens is 326 g/mol. The van der Waals surface area contributed by atoms with E-state index in [-0.39, 0.29) is 56.6 Å². The summed E-state index contributed by atoms with van der Waals surface area (Å²) in [5.41, 5.74) is 0.481. The monoisotopic (exact) mass is 334 g/mol. The van der Waals surface area contributed by atoms with E-state index >= 15 is 0 Å². The summed E-state index contributed by atoms with van der Waals surface area (Å²) in [7, 11) is 0. The molecule has 0 N–H and O–H groups in total. The Morgan fingerprint density at radius 3 is 2.50 bits per heavy atom. The molecule has 0 amide bonds. The van der Waals surface area contributed by atoms with Crippen LogP contribution < -0.4 is 24.8 Å². The number of carbonyl (C=O) groups excluding carboxylic acids is 1. The fourth-order valence-electron chi connectivity index (χ4n) is 0.729. The number of ether oxygens (including phenoxy) is 1. The first-order chi connectivity index (χ1) is 5.34. The van der Waals surface area contributed by atoms with Gasteiger partial charge in [-0.2, -0.15) is 0 Å². The topological polar surface area (TPSA) is 26.3 Å². The number of benzene rings is 1. The summed E-state index contributed by atoms with van der Waals surface area (Å²) in [5, 5.41) is 0. The molecule has 4 radical (unpaired) electrons. The van der Waals surface area contributed by atoms with Crippen LogP contribution in [-0.4, -0.2) is 38.4 Å². The van der Waals surface area contributed by atoms with Gasteiger partial charge in [0, 0.05) is 25.8 Å². The minimum atomic E-state index is -0.312. The van der Waals surface area contributed by atoms with Gasteiger partial charge in [0.15, 0.2) is 0 Å². The van der Waals surface area contributed by atoms with E-state index in [2.05, 4.69) is 6.07 Å². The van der Waals surface area contributed by atoms with Gasteiger partial charge >= 0.3 is 5.97 Å². The summed E-state index contributed by atoms with van der Waals surface area (Å²) in [6, 6.07) is 9.73. The van der Waals surface area contributed by atoms with Crippen molar-refractivity contribution in [2.24, 2.45) is 0 Å². The molecule has 14 heavy (non-hydrogen) atoms. The molecule has 0 heterocycles. The maximum Gasteiger partial charge on any atom is 0.338 e. The van der Waals surface area contributed by atoms with Gasteiger partial charge in [-0.05, 0) is 19.1 Å². The van der Waals surface area contributed by atoms with E-state index in [1.807, 2.05) is 6.07 Å². The Morgan fingerprint density at radius 1 is 1.43 bits per heavy atom. The van der Waals surface area contributed by atoms with Crippen LogP contribution in [0.25, 0.3) is 0 Å². The fourth-order valence-corrected chi connectivity index (χ4v) is 0.729. The van der Waals surface area contributed by atoms with Gasteiger partial charge in [-0.15, -0.1) is 0 Å². The van der Waals surface area contributed by atoms with Gasteiger partial charge in [-0.25, -0.2) is 4.79 Å². The van der Waals surface area contributed by atoms with Crippen LogP contribution in [-0.2, 0) is 4.74 Å². The number of carbonyl (C=O) groups is 1. The van der Waals surface area contributed by atoms with Gasteiger partial charge < -0.3 is 29.6 Å². The Hall–Kier alpha value is 0.140. The molecule has 1 aromatic rings.